The first-order chi connectivity index (χ1) is 33.6. The number of nitrogens with zero attached hydrogens (tertiary/aromatic N) is 5. The molecule has 0 aliphatic rings. The van der Waals surface area contributed by atoms with Gasteiger partial charge in [0, 0.05) is 54.7 Å². The molecule has 0 radical (unpaired) electrons. The number of fused-ring (bicyclic) bond motifs is 10. The molecular weight excluding hydrogens is 831 g/mol. The highest BCUT2D eigenvalue weighted by molar-refractivity contribution is 6.14. The molecule has 0 spiro atoms. The van der Waals surface area contributed by atoms with Gasteiger partial charge in [0.1, 0.15) is 17.0 Å². The minimum atomic E-state index is 0.796. The van der Waals surface area contributed by atoms with E-state index in [2.05, 4.69) is 228 Å². The van der Waals surface area contributed by atoms with Crippen LogP contribution in [-0.4, -0.2) is 23.7 Å². The molecule has 0 amide bonds. The molecule has 9 aromatic carbocycles. The highest BCUT2D eigenvalue weighted by Crippen LogP contribution is 2.47. The Morgan fingerprint density at radius 1 is 0.368 bits per heavy atom. The van der Waals surface area contributed by atoms with Gasteiger partial charge in [-0.05, 0) is 98.3 Å². The third kappa shape index (κ3) is 5.64. The van der Waals surface area contributed by atoms with E-state index in [1.54, 1.807) is 0 Å². The topological polar surface area (TPSA) is 53.7 Å². The number of hydrogen-bond acceptors (Lipinski definition) is 3. The van der Waals surface area contributed by atoms with Crippen LogP contribution in [0.15, 0.2) is 217 Å². The molecule has 0 fully saturated rings. The first-order valence-electron chi connectivity index (χ1n) is 23.2. The van der Waals surface area contributed by atoms with Gasteiger partial charge in [-0.15, -0.1) is 0 Å². The molecule has 6 heteroatoms. The van der Waals surface area contributed by atoms with Crippen molar-refractivity contribution >= 4 is 76.6 Å². The minimum absolute atomic E-state index is 0.796. The number of aromatic nitrogens is 5. The standard InChI is InChI=1S/C62H41N5O/c1-38-31-33-55-48(35-38)42-20-8-12-27-53(42)66(55)59-50(41-19-6-7-23-46(41)61-63-51-26-11-14-29-57(51)65(61)40-17-4-3-5-18-40)37-52(47-25-16-24-45-44-22-10-15-30-58(44)68-60(45)47)64-62(59)67-54-28-13-9-21-43(54)49-36-39(2)32-34-56(49)67/h3-37H,1-2H3. The van der Waals surface area contributed by atoms with Crippen LogP contribution in [0.3, 0.4) is 0 Å². The van der Waals surface area contributed by atoms with Crippen LogP contribution in [0.1, 0.15) is 11.1 Å². The van der Waals surface area contributed by atoms with Gasteiger partial charge in [0.15, 0.2) is 5.82 Å². The Bertz CT molecular complexity index is 4350. The van der Waals surface area contributed by atoms with E-state index < -0.39 is 0 Å². The van der Waals surface area contributed by atoms with E-state index in [1.165, 1.54) is 32.7 Å². The number of hydrogen-bond donors (Lipinski definition) is 0. The lowest BCUT2D eigenvalue weighted by Crippen LogP contribution is -2.10. The Kier molecular flexibility index (Phi) is 8.31. The molecule has 0 unspecified atom stereocenters. The maximum absolute atomic E-state index is 6.82. The third-order valence-corrected chi connectivity index (χ3v) is 13.8. The van der Waals surface area contributed by atoms with Gasteiger partial charge in [-0.1, -0.05) is 145 Å². The van der Waals surface area contributed by atoms with Crippen molar-refractivity contribution in [3.63, 3.8) is 0 Å². The second kappa shape index (κ2) is 14.8. The molecule has 5 aromatic heterocycles. The fraction of sp³-hybridized carbons (Fsp3) is 0.0323. The summed E-state index contributed by atoms with van der Waals surface area (Å²) in [5, 5.41) is 6.83. The zero-order valence-electron chi connectivity index (χ0n) is 37.4. The van der Waals surface area contributed by atoms with Crippen molar-refractivity contribution in [2.45, 2.75) is 13.8 Å². The number of aryl methyl sites for hydroxylation is 2. The van der Waals surface area contributed by atoms with Crippen LogP contribution in [0.25, 0.3) is 128 Å². The van der Waals surface area contributed by atoms with Crippen molar-refractivity contribution < 1.29 is 4.42 Å². The molecule has 0 aliphatic heterocycles. The quantitative estimate of drug-likeness (QED) is 0.167. The maximum atomic E-state index is 6.82. The summed E-state index contributed by atoms with van der Waals surface area (Å²) in [5.41, 5.74) is 17.1. The van der Waals surface area contributed by atoms with E-state index in [1.807, 2.05) is 12.1 Å². The lowest BCUT2D eigenvalue weighted by Gasteiger charge is -2.23. The van der Waals surface area contributed by atoms with Crippen molar-refractivity contribution in [3.05, 3.63) is 223 Å². The van der Waals surface area contributed by atoms with E-state index in [4.69, 9.17) is 14.4 Å². The van der Waals surface area contributed by atoms with E-state index in [-0.39, 0.29) is 0 Å². The summed E-state index contributed by atoms with van der Waals surface area (Å²) in [6, 6.07) is 75.9. The van der Waals surface area contributed by atoms with Crippen molar-refractivity contribution in [2.75, 3.05) is 0 Å². The summed E-state index contributed by atoms with van der Waals surface area (Å²) in [6.07, 6.45) is 0. The van der Waals surface area contributed by atoms with E-state index >= 15 is 0 Å². The Morgan fingerprint density at radius 2 is 0.926 bits per heavy atom. The van der Waals surface area contributed by atoms with Crippen LogP contribution < -0.4 is 0 Å². The van der Waals surface area contributed by atoms with Gasteiger partial charge >= 0.3 is 0 Å². The summed E-state index contributed by atoms with van der Waals surface area (Å²) in [7, 11) is 0. The van der Waals surface area contributed by atoms with Crippen LogP contribution in [0.2, 0.25) is 0 Å². The third-order valence-electron chi connectivity index (χ3n) is 13.8. The van der Waals surface area contributed by atoms with Crippen LogP contribution in [0.4, 0.5) is 0 Å². The summed E-state index contributed by atoms with van der Waals surface area (Å²) in [5.74, 6) is 1.65. The first-order valence-corrected chi connectivity index (χ1v) is 23.2. The molecule has 5 heterocycles. The van der Waals surface area contributed by atoms with Crippen LogP contribution >= 0.6 is 0 Å². The Hall–Kier alpha value is -9.00. The smallest absolute Gasteiger partial charge is 0.163 e. The van der Waals surface area contributed by atoms with E-state index in [0.29, 0.717) is 0 Å². The van der Waals surface area contributed by atoms with Gasteiger partial charge in [0.05, 0.1) is 44.5 Å². The number of pyridine rings is 1. The highest BCUT2D eigenvalue weighted by atomic mass is 16.3. The van der Waals surface area contributed by atoms with Crippen molar-refractivity contribution in [2.24, 2.45) is 0 Å². The summed E-state index contributed by atoms with van der Waals surface area (Å²) in [6.45, 7) is 4.34. The van der Waals surface area contributed by atoms with Gasteiger partial charge < -0.3 is 8.98 Å². The normalized spacial score (nSPS) is 12.0. The number of benzene rings is 9. The van der Waals surface area contributed by atoms with Crippen molar-refractivity contribution in [3.8, 4) is 51.0 Å². The second-order valence-corrected chi connectivity index (χ2v) is 17.9. The summed E-state index contributed by atoms with van der Waals surface area (Å²) in [4.78, 5) is 11.4. The number of imidazole rings is 1. The number of furan rings is 1. The zero-order chi connectivity index (χ0) is 45.0. The SMILES string of the molecule is Cc1ccc2c(c1)c1ccccc1n2-c1nc(-c2cccc3c2oc2ccccc23)cc(-c2ccccc2-c2nc3ccccc3n2-c2ccccc2)c1-n1c2ccccc2c2cc(C)ccc21. The average Bonchev–Trinajstić information content (AvgIpc) is 4.14. The highest BCUT2D eigenvalue weighted by Gasteiger charge is 2.28. The largest absolute Gasteiger partial charge is 0.455 e. The fourth-order valence-electron chi connectivity index (χ4n) is 10.8. The van der Waals surface area contributed by atoms with Gasteiger partial charge in [-0.3, -0.25) is 9.13 Å². The van der Waals surface area contributed by atoms with Gasteiger partial charge in [0.25, 0.3) is 0 Å². The monoisotopic (exact) mass is 871 g/mol. The van der Waals surface area contributed by atoms with Crippen LogP contribution in [-0.2, 0) is 0 Å². The Balaban J connectivity index is 1.20. The molecule has 6 nitrogen and oxygen atoms in total. The molecule has 0 saturated carbocycles. The van der Waals surface area contributed by atoms with Crippen LogP contribution in [0, 0.1) is 13.8 Å². The van der Waals surface area contributed by atoms with E-state index in [9.17, 15) is 0 Å². The first kappa shape index (κ1) is 38.3. The van der Waals surface area contributed by atoms with Gasteiger partial charge in [-0.2, -0.15) is 0 Å². The molecule has 14 aromatic rings. The molecule has 0 aliphatic carbocycles. The molecule has 0 N–H and O–H groups in total. The minimum Gasteiger partial charge on any atom is -0.455 e. The second-order valence-electron chi connectivity index (χ2n) is 17.9. The molecule has 68 heavy (non-hydrogen) atoms. The zero-order valence-corrected chi connectivity index (χ0v) is 37.4. The van der Waals surface area contributed by atoms with Crippen molar-refractivity contribution in [1.29, 1.82) is 0 Å². The molecule has 0 saturated heterocycles. The Morgan fingerprint density at radius 3 is 1.68 bits per heavy atom. The van der Waals surface area contributed by atoms with Crippen LogP contribution in [0.5, 0.6) is 0 Å². The summed E-state index contributed by atoms with van der Waals surface area (Å²) < 4.78 is 14.0. The van der Waals surface area contributed by atoms with Gasteiger partial charge in [-0.25, -0.2) is 9.97 Å². The summed E-state index contributed by atoms with van der Waals surface area (Å²) >= 11 is 0. The fourth-order valence-corrected chi connectivity index (χ4v) is 10.8. The average molecular weight is 872 g/mol. The molecule has 320 valence electrons. The predicted molar refractivity (Wildman–Crippen MR) is 281 cm³/mol. The van der Waals surface area contributed by atoms with Gasteiger partial charge in [0.2, 0.25) is 0 Å². The number of rotatable bonds is 6. The lowest BCUT2D eigenvalue weighted by molar-refractivity contribution is 0.670. The molecule has 14 rings (SSSR count). The predicted octanol–water partition coefficient (Wildman–Crippen LogP) is 16.1. The lowest BCUT2D eigenvalue weighted by atomic mass is 9.95. The number of para-hydroxylation sites is 7. The molecule has 0 bridgehead atoms. The Labute approximate surface area is 391 Å². The maximum Gasteiger partial charge on any atom is 0.163 e. The van der Waals surface area contributed by atoms with Crippen molar-refractivity contribution in [1.82, 2.24) is 23.7 Å². The van der Waals surface area contributed by atoms with E-state index in [0.717, 1.165) is 106 Å². The molecule has 0 atom stereocenters. The molecular formula is C62H41N5O.